The molecule has 6 nitrogen and oxygen atoms in total. The van der Waals surface area contributed by atoms with E-state index in [4.69, 9.17) is 10.9 Å². The number of amides is 1. The summed E-state index contributed by atoms with van der Waals surface area (Å²) in [7, 11) is 0. The molecule has 0 aliphatic heterocycles. The average Bonchev–Trinajstić information content (AvgIpc) is 2.98. The van der Waals surface area contributed by atoms with Crippen LogP contribution in [-0.4, -0.2) is 21.9 Å². The van der Waals surface area contributed by atoms with E-state index >= 15 is 0 Å². The Hall–Kier alpha value is -2.41. The fourth-order valence-corrected chi connectivity index (χ4v) is 2.03. The van der Waals surface area contributed by atoms with Gasteiger partial charge in [-0.05, 0) is 11.6 Å². The Balaban J connectivity index is 2.02. The first-order valence-electron chi connectivity index (χ1n) is 5.44. The Kier molecular flexibility index (Phi) is 4.09. The van der Waals surface area contributed by atoms with E-state index < -0.39 is 0 Å². The normalized spacial score (nSPS) is 11.3. The highest BCUT2D eigenvalue weighted by molar-refractivity contribution is 7.07. The molecule has 0 radical (unpaired) electrons. The van der Waals surface area contributed by atoms with E-state index in [1.807, 2.05) is 6.07 Å². The number of carbonyl (C=O) groups excluding carboxylic acids is 1. The lowest BCUT2D eigenvalue weighted by atomic mass is 10.1. The van der Waals surface area contributed by atoms with Crippen molar-refractivity contribution < 1.29 is 10.0 Å². The second kappa shape index (κ2) is 5.96. The van der Waals surface area contributed by atoms with Gasteiger partial charge in [-0.15, -0.1) is 11.3 Å². The number of nitrogens with zero attached hydrogens (tertiary/aromatic N) is 2. The van der Waals surface area contributed by atoms with Crippen LogP contribution in [0.25, 0.3) is 0 Å². The monoisotopic (exact) mass is 276 g/mol. The van der Waals surface area contributed by atoms with Gasteiger partial charge < -0.3 is 16.3 Å². The molecule has 7 heteroatoms. The summed E-state index contributed by atoms with van der Waals surface area (Å²) in [6.45, 7) is 0.350. The Morgan fingerprint density at radius 3 is 3.05 bits per heavy atom. The summed E-state index contributed by atoms with van der Waals surface area (Å²) in [5.74, 6) is -0.192. The average molecular weight is 276 g/mol. The quantitative estimate of drug-likeness (QED) is 0.338. The standard InChI is InChI=1S/C12H12N4O2S/c13-11(16-18)9-3-1-2-8(4-9)5-14-12(17)10-6-19-7-15-10/h1-4,6-7,18H,5H2,(H2,13,16)(H,14,17). The summed E-state index contributed by atoms with van der Waals surface area (Å²) < 4.78 is 0. The third-order valence-corrected chi connectivity index (χ3v) is 3.03. The van der Waals surface area contributed by atoms with Crippen molar-refractivity contribution in [1.29, 1.82) is 0 Å². The molecule has 0 aliphatic rings. The van der Waals surface area contributed by atoms with E-state index in [-0.39, 0.29) is 11.7 Å². The molecule has 2 aromatic rings. The van der Waals surface area contributed by atoms with Gasteiger partial charge in [0.2, 0.25) is 0 Å². The van der Waals surface area contributed by atoms with Crippen LogP contribution in [0.1, 0.15) is 21.6 Å². The number of oxime groups is 1. The number of rotatable bonds is 4. The van der Waals surface area contributed by atoms with Crippen molar-refractivity contribution in [1.82, 2.24) is 10.3 Å². The van der Waals surface area contributed by atoms with Crippen molar-refractivity contribution in [2.24, 2.45) is 10.9 Å². The highest BCUT2D eigenvalue weighted by atomic mass is 32.1. The first-order chi connectivity index (χ1) is 9.20. The minimum absolute atomic E-state index is 0.0349. The lowest BCUT2D eigenvalue weighted by molar-refractivity contribution is 0.0946. The van der Waals surface area contributed by atoms with E-state index in [2.05, 4.69) is 15.5 Å². The first-order valence-corrected chi connectivity index (χ1v) is 6.38. The van der Waals surface area contributed by atoms with Crippen LogP contribution < -0.4 is 11.1 Å². The van der Waals surface area contributed by atoms with Gasteiger partial charge in [0.1, 0.15) is 5.69 Å². The van der Waals surface area contributed by atoms with Gasteiger partial charge >= 0.3 is 0 Å². The lowest BCUT2D eigenvalue weighted by Crippen LogP contribution is -2.23. The van der Waals surface area contributed by atoms with Crippen molar-refractivity contribution in [3.63, 3.8) is 0 Å². The molecule has 98 valence electrons. The van der Waals surface area contributed by atoms with Crippen LogP contribution in [-0.2, 0) is 6.54 Å². The molecular weight excluding hydrogens is 264 g/mol. The van der Waals surface area contributed by atoms with E-state index in [1.165, 1.54) is 11.3 Å². The van der Waals surface area contributed by atoms with Crippen LogP contribution in [0.15, 0.2) is 40.3 Å². The second-order valence-corrected chi connectivity index (χ2v) is 4.46. The molecule has 0 saturated carbocycles. The third-order valence-electron chi connectivity index (χ3n) is 2.45. The molecule has 0 saturated heterocycles. The number of amidine groups is 1. The maximum atomic E-state index is 11.7. The predicted octanol–water partition coefficient (Wildman–Crippen LogP) is 1.17. The van der Waals surface area contributed by atoms with E-state index in [1.54, 1.807) is 29.1 Å². The number of benzene rings is 1. The van der Waals surface area contributed by atoms with E-state index in [9.17, 15) is 4.79 Å². The molecule has 4 N–H and O–H groups in total. The SMILES string of the molecule is NC(=NO)c1cccc(CNC(=O)c2cscn2)c1. The zero-order chi connectivity index (χ0) is 13.7. The number of nitrogens with two attached hydrogens (primary N) is 1. The number of carbonyl (C=O) groups is 1. The zero-order valence-corrected chi connectivity index (χ0v) is 10.7. The lowest BCUT2D eigenvalue weighted by Gasteiger charge is -2.05. The topological polar surface area (TPSA) is 101 Å². The van der Waals surface area contributed by atoms with Crippen molar-refractivity contribution in [2.45, 2.75) is 6.54 Å². The summed E-state index contributed by atoms with van der Waals surface area (Å²) in [6.07, 6.45) is 0. The van der Waals surface area contributed by atoms with Crippen LogP contribution in [0.4, 0.5) is 0 Å². The summed E-state index contributed by atoms with van der Waals surface area (Å²) >= 11 is 1.37. The maximum absolute atomic E-state index is 11.7. The third kappa shape index (κ3) is 3.29. The summed E-state index contributed by atoms with van der Waals surface area (Å²) in [5.41, 5.74) is 8.96. The Bertz CT molecular complexity index is 596. The van der Waals surface area contributed by atoms with Crippen LogP contribution >= 0.6 is 11.3 Å². The molecule has 1 heterocycles. The molecule has 1 aromatic heterocycles. The number of hydrogen-bond donors (Lipinski definition) is 3. The fourth-order valence-electron chi connectivity index (χ4n) is 1.50. The molecule has 0 atom stereocenters. The second-order valence-electron chi connectivity index (χ2n) is 3.74. The minimum atomic E-state index is -0.226. The molecule has 1 aromatic carbocycles. The summed E-state index contributed by atoms with van der Waals surface area (Å²) in [4.78, 5) is 15.6. The van der Waals surface area contributed by atoms with Gasteiger partial charge in [-0.2, -0.15) is 0 Å². The first kappa shape index (κ1) is 13.0. The Morgan fingerprint density at radius 2 is 2.37 bits per heavy atom. The van der Waals surface area contributed by atoms with Crippen molar-refractivity contribution in [3.05, 3.63) is 52.0 Å². The Morgan fingerprint density at radius 1 is 1.53 bits per heavy atom. The van der Waals surface area contributed by atoms with Gasteiger partial charge in [0.05, 0.1) is 5.51 Å². The van der Waals surface area contributed by atoms with Gasteiger partial charge in [0.15, 0.2) is 5.84 Å². The predicted molar refractivity (Wildman–Crippen MR) is 72.2 cm³/mol. The molecule has 0 fully saturated rings. The Labute approximate surface area is 113 Å². The highest BCUT2D eigenvalue weighted by Crippen LogP contribution is 2.06. The number of hydrogen-bond acceptors (Lipinski definition) is 5. The molecule has 19 heavy (non-hydrogen) atoms. The van der Waals surface area contributed by atoms with Gasteiger partial charge in [-0.25, -0.2) is 4.98 Å². The zero-order valence-electron chi connectivity index (χ0n) is 9.91. The van der Waals surface area contributed by atoms with Crippen LogP contribution in [0.2, 0.25) is 0 Å². The molecule has 0 aliphatic carbocycles. The summed E-state index contributed by atoms with van der Waals surface area (Å²) in [5, 5.41) is 16.0. The maximum Gasteiger partial charge on any atom is 0.271 e. The van der Waals surface area contributed by atoms with Crippen LogP contribution in [0.5, 0.6) is 0 Å². The smallest absolute Gasteiger partial charge is 0.271 e. The van der Waals surface area contributed by atoms with E-state index in [0.717, 1.165) is 5.56 Å². The molecule has 2 rings (SSSR count). The van der Waals surface area contributed by atoms with Crippen molar-refractivity contribution >= 4 is 23.1 Å². The molecule has 0 bridgehead atoms. The van der Waals surface area contributed by atoms with E-state index in [0.29, 0.717) is 17.8 Å². The number of aromatic nitrogens is 1. The highest BCUT2D eigenvalue weighted by Gasteiger charge is 2.07. The van der Waals surface area contributed by atoms with Crippen LogP contribution in [0.3, 0.4) is 0 Å². The number of thiazole rings is 1. The number of nitrogens with one attached hydrogen (secondary N) is 1. The van der Waals surface area contributed by atoms with Crippen molar-refractivity contribution in [3.8, 4) is 0 Å². The molecule has 0 unspecified atom stereocenters. The fraction of sp³-hybridized carbons (Fsp3) is 0.0833. The van der Waals surface area contributed by atoms with Gasteiger partial charge in [-0.1, -0.05) is 23.4 Å². The minimum Gasteiger partial charge on any atom is -0.409 e. The molecule has 1 amide bonds. The summed E-state index contributed by atoms with van der Waals surface area (Å²) in [6, 6.07) is 7.09. The van der Waals surface area contributed by atoms with Crippen LogP contribution in [0, 0.1) is 0 Å². The van der Waals surface area contributed by atoms with Gasteiger partial charge in [0.25, 0.3) is 5.91 Å². The molecular formula is C12H12N4O2S. The molecule has 0 spiro atoms. The largest absolute Gasteiger partial charge is 0.409 e. The van der Waals surface area contributed by atoms with Crippen molar-refractivity contribution in [2.75, 3.05) is 0 Å². The van der Waals surface area contributed by atoms with Gasteiger partial charge in [-0.3, -0.25) is 4.79 Å². The van der Waals surface area contributed by atoms with Gasteiger partial charge in [0, 0.05) is 17.5 Å².